The third-order valence-electron chi connectivity index (χ3n) is 2.53. The number of hydrogen-bond acceptors (Lipinski definition) is 5. The van der Waals surface area contributed by atoms with Crippen LogP contribution in [0.3, 0.4) is 0 Å². The Morgan fingerprint density at radius 1 is 1.47 bits per heavy atom. The Hall–Kier alpha value is -2.77. The van der Waals surface area contributed by atoms with Gasteiger partial charge in [0, 0.05) is 18.1 Å². The van der Waals surface area contributed by atoms with Crippen LogP contribution in [0.4, 0.5) is 11.4 Å². The second-order valence-electron chi connectivity index (χ2n) is 3.81. The highest BCUT2D eigenvalue weighted by Crippen LogP contribution is 2.16. The largest absolute Gasteiger partial charge is 0.324 e. The van der Waals surface area contributed by atoms with Crippen LogP contribution in [-0.2, 0) is 11.3 Å². The van der Waals surface area contributed by atoms with Crippen molar-refractivity contribution in [2.75, 3.05) is 5.32 Å². The molecular weight excluding hydrogens is 250 g/mol. The standard InChI is InChI=1S/C11H11N5O3/c1-8-10(16(18)19)6-13-15(8)7-11(17)14-9-2-4-12-5-3-9/h2-6H,7H2,1H3,(H,12,14,17). The van der Waals surface area contributed by atoms with Crippen molar-refractivity contribution in [3.63, 3.8) is 0 Å². The van der Waals surface area contributed by atoms with Crippen molar-refractivity contribution in [1.29, 1.82) is 0 Å². The van der Waals surface area contributed by atoms with Crippen molar-refractivity contribution in [3.8, 4) is 0 Å². The molecule has 0 unspecified atom stereocenters. The molecule has 8 heteroatoms. The zero-order valence-electron chi connectivity index (χ0n) is 10.1. The van der Waals surface area contributed by atoms with Gasteiger partial charge in [-0.15, -0.1) is 0 Å². The van der Waals surface area contributed by atoms with Gasteiger partial charge in [-0.3, -0.25) is 24.6 Å². The smallest absolute Gasteiger partial charge is 0.309 e. The second-order valence-corrected chi connectivity index (χ2v) is 3.81. The fourth-order valence-electron chi connectivity index (χ4n) is 1.55. The molecule has 2 aromatic rings. The van der Waals surface area contributed by atoms with Gasteiger partial charge in [0.2, 0.25) is 5.91 Å². The lowest BCUT2D eigenvalue weighted by Crippen LogP contribution is -2.20. The summed E-state index contributed by atoms with van der Waals surface area (Å²) in [7, 11) is 0. The van der Waals surface area contributed by atoms with Crippen LogP contribution in [0.1, 0.15) is 5.69 Å². The number of pyridine rings is 1. The normalized spacial score (nSPS) is 10.2. The third-order valence-corrected chi connectivity index (χ3v) is 2.53. The van der Waals surface area contributed by atoms with Crippen molar-refractivity contribution in [1.82, 2.24) is 14.8 Å². The molecule has 0 aliphatic rings. The van der Waals surface area contributed by atoms with Crippen molar-refractivity contribution in [3.05, 3.63) is 46.5 Å². The van der Waals surface area contributed by atoms with E-state index in [0.29, 0.717) is 11.4 Å². The number of nitro groups is 1. The summed E-state index contributed by atoms with van der Waals surface area (Å²) in [5.41, 5.74) is 0.853. The first-order valence-corrected chi connectivity index (χ1v) is 5.44. The molecule has 0 radical (unpaired) electrons. The van der Waals surface area contributed by atoms with E-state index in [-0.39, 0.29) is 18.1 Å². The highest BCUT2D eigenvalue weighted by molar-refractivity contribution is 5.90. The van der Waals surface area contributed by atoms with Crippen molar-refractivity contribution >= 4 is 17.3 Å². The van der Waals surface area contributed by atoms with E-state index in [1.54, 1.807) is 31.5 Å². The van der Waals surface area contributed by atoms with Gasteiger partial charge in [-0.2, -0.15) is 5.10 Å². The molecule has 0 spiro atoms. The molecule has 0 atom stereocenters. The van der Waals surface area contributed by atoms with Gasteiger partial charge in [0.1, 0.15) is 18.4 Å². The van der Waals surface area contributed by atoms with Crippen molar-refractivity contribution < 1.29 is 9.72 Å². The highest BCUT2D eigenvalue weighted by atomic mass is 16.6. The fraction of sp³-hybridized carbons (Fsp3) is 0.182. The van der Waals surface area contributed by atoms with E-state index in [1.165, 1.54) is 4.68 Å². The fourth-order valence-corrected chi connectivity index (χ4v) is 1.55. The molecule has 0 aliphatic heterocycles. The first-order chi connectivity index (χ1) is 9.08. The van der Waals surface area contributed by atoms with Gasteiger partial charge in [-0.1, -0.05) is 0 Å². The molecule has 2 heterocycles. The predicted molar refractivity (Wildman–Crippen MR) is 66.5 cm³/mol. The van der Waals surface area contributed by atoms with Gasteiger partial charge in [0.25, 0.3) is 0 Å². The summed E-state index contributed by atoms with van der Waals surface area (Å²) in [5.74, 6) is -0.313. The molecule has 98 valence electrons. The summed E-state index contributed by atoms with van der Waals surface area (Å²) in [6.07, 6.45) is 4.24. The number of carbonyl (C=O) groups excluding carboxylic acids is 1. The molecular formula is C11H11N5O3. The lowest BCUT2D eigenvalue weighted by molar-refractivity contribution is -0.385. The van der Waals surface area contributed by atoms with Crippen LogP contribution in [0.2, 0.25) is 0 Å². The van der Waals surface area contributed by atoms with E-state index >= 15 is 0 Å². The number of rotatable bonds is 4. The number of nitrogens with one attached hydrogen (secondary N) is 1. The molecule has 2 rings (SSSR count). The van der Waals surface area contributed by atoms with E-state index in [1.807, 2.05) is 0 Å². The highest BCUT2D eigenvalue weighted by Gasteiger charge is 2.17. The van der Waals surface area contributed by atoms with E-state index < -0.39 is 4.92 Å². The minimum absolute atomic E-state index is 0.0814. The monoisotopic (exact) mass is 261 g/mol. The Bertz CT molecular complexity index is 608. The van der Waals surface area contributed by atoms with Crippen LogP contribution >= 0.6 is 0 Å². The lowest BCUT2D eigenvalue weighted by Gasteiger charge is -2.05. The van der Waals surface area contributed by atoms with Gasteiger partial charge in [-0.05, 0) is 19.1 Å². The minimum atomic E-state index is -0.528. The Morgan fingerprint density at radius 3 is 2.74 bits per heavy atom. The predicted octanol–water partition coefficient (Wildman–Crippen LogP) is 1.13. The number of anilines is 1. The number of aromatic nitrogens is 3. The molecule has 1 amide bonds. The molecule has 0 saturated heterocycles. The van der Waals surface area contributed by atoms with Gasteiger partial charge in [-0.25, -0.2) is 0 Å². The van der Waals surface area contributed by atoms with Gasteiger partial charge >= 0.3 is 5.69 Å². The summed E-state index contributed by atoms with van der Waals surface area (Å²) in [6, 6.07) is 3.30. The van der Waals surface area contributed by atoms with Crippen molar-refractivity contribution in [2.45, 2.75) is 13.5 Å². The van der Waals surface area contributed by atoms with Crippen LogP contribution in [0, 0.1) is 17.0 Å². The molecule has 0 bridgehead atoms. The summed E-state index contributed by atoms with van der Waals surface area (Å²) < 4.78 is 1.29. The summed E-state index contributed by atoms with van der Waals surface area (Å²) in [5, 5.41) is 17.1. The topological polar surface area (TPSA) is 103 Å². The van der Waals surface area contributed by atoms with Crippen LogP contribution in [-0.4, -0.2) is 25.6 Å². The van der Waals surface area contributed by atoms with Gasteiger partial charge < -0.3 is 5.32 Å². The van der Waals surface area contributed by atoms with Crippen LogP contribution in [0.25, 0.3) is 0 Å². The van der Waals surface area contributed by atoms with E-state index in [4.69, 9.17) is 0 Å². The summed E-state index contributed by atoms with van der Waals surface area (Å²) in [4.78, 5) is 25.7. The van der Waals surface area contributed by atoms with Crippen LogP contribution in [0.15, 0.2) is 30.7 Å². The zero-order valence-corrected chi connectivity index (χ0v) is 10.1. The summed E-state index contributed by atoms with van der Waals surface area (Å²) >= 11 is 0. The van der Waals surface area contributed by atoms with E-state index in [2.05, 4.69) is 15.4 Å². The average Bonchev–Trinajstić information content (AvgIpc) is 2.72. The number of amides is 1. The Morgan fingerprint density at radius 2 is 2.16 bits per heavy atom. The molecule has 0 saturated carbocycles. The Balaban J connectivity index is 2.05. The van der Waals surface area contributed by atoms with Gasteiger partial charge in [0.15, 0.2) is 0 Å². The molecule has 2 aromatic heterocycles. The Kier molecular flexibility index (Phi) is 3.51. The molecule has 8 nitrogen and oxygen atoms in total. The number of carbonyl (C=O) groups is 1. The zero-order chi connectivity index (χ0) is 13.8. The Labute approximate surface area is 108 Å². The maximum atomic E-state index is 11.8. The minimum Gasteiger partial charge on any atom is -0.324 e. The number of hydrogen-bond donors (Lipinski definition) is 1. The summed E-state index contributed by atoms with van der Waals surface area (Å²) in [6.45, 7) is 1.47. The first-order valence-electron chi connectivity index (χ1n) is 5.44. The van der Waals surface area contributed by atoms with Gasteiger partial charge in [0.05, 0.1) is 4.92 Å². The van der Waals surface area contributed by atoms with Crippen LogP contribution < -0.4 is 5.32 Å². The number of nitrogens with zero attached hydrogens (tertiary/aromatic N) is 4. The maximum Gasteiger partial charge on any atom is 0.309 e. The van der Waals surface area contributed by atoms with Crippen molar-refractivity contribution in [2.24, 2.45) is 0 Å². The SMILES string of the molecule is Cc1c([N+](=O)[O-])cnn1CC(=O)Nc1ccncc1. The van der Waals surface area contributed by atoms with Crippen LogP contribution in [0.5, 0.6) is 0 Å². The maximum absolute atomic E-state index is 11.8. The second kappa shape index (κ2) is 5.25. The molecule has 0 fully saturated rings. The quantitative estimate of drug-likeness (QED) is 0.656. The third kappa shape index (κ3) is 2.92. The average molecular weight is 261 g/mol. The molecule has 19 heavy (non-hydrogen) atoms. The van der Waals surface area contributed by atoms with E-state index in [0.717, 1.165) is 6.20 Å². The molecule has 0 aromatic carbocycles. The lowest BCUT2D eigenvalue weighted by atomic mass is 10.4. The molecule has 1 N–H and O–H groups in total. The first kappa shape index (κ1) is 12.7. The van der Waals surface area contributed by atoms with E-state index in [9.17, 15) is 14.9 Å². The molecule has 0 aliphatic carbocycles.